The van der Waals surface area contributed by atoms with E-state index in [1.54, 1.807) is 0 Å². The van der Waals surface area contributed by atoms with Crippen molar-refractivity contribution in [3.8, 4) is 0 Å². The lowest BCUT2D eigenvalue weighted by molar-refractivity contribution is 0.553. The Morgan fingerprint density at radius 3 is 1.80 bits per heavy atom. The Bertz CT molecular complexity index is 123. The molecule has 0 spiro atoms. The summed E-state index contributed by atoms with van der Waals surface area (Å²) in [4.78, 5) is 8.42. The van der Waals surface area contributed by atoms with Gasteiger partial charge in [-0.1, -0.05) is 0 Å². The van der Waals surface area contributed by atoms with Gasteiger partial charge in [-0.15, -0.1) is 17.0 Å². The summed E-state index contributed by atoms with van der Waals surface area (Å²) in [7, 11) is 5.95. The summed E-state index contributed by atoms with van der Waals surface area (Å²) in [5, 5.41) is 0. The van der Waals surface area contributed by atoms with E-state index in [0.29, 0.717) is 0 Å². The van der Waals surface area contributed by atoms with Gasteiger partial charge in [0.15, 0.2) is 5.96 Å². The highest BCUT2D eigenvalue weighted by Gasteiger charge is 2.17. The lowest BCUT2D eigenvalue weighted by Gasteiger charge is -2.13. The van der Waals surface area contributed by atoms with Crippen LogP contribution in [0.5, 0.6) is 0 Å². The van der Waals surface area contributed by atoms with Gasteiger partial charge < -0.3 is 9.80 Å². The molecule has 0 radical (unpaired) electrons. The molecule has 4 heteroatoms. The van der Waals surface area contributed by atoms with Crippen molar-refractivity contribution < 1.29 is 0 Å². The van der Waals surface area contributed by atoms with Gasteiger partial charge in [0.1, 0.15) is 0 Å². The Hall–Kier alpha value is -0.250. The fourth-order valence-electron chi connectivity index (χ4n) is 1.13. The van der Waals surface area contributed by atoms with Crippen LogP contribution in [0.15, 0.2) is 4.99 Å². The van der Waals surface area contributed by atoms with Gasteiger partial charge in [0.25, 0.3) is 0 Å². The van der Waals surface area contributed by atoms with Crippen molar-refractivity contribution in [3.63, 3.8) is 0 Å². The zero-order valence-electron chi connectivity index (χ0n) is 6.66. The maximum Gasteiger partial charge on any atom is 0.195 e. The SMILES string of the molecule is Br.CN=C1N(C)CCN1C. The second kappa shape index (κ2) is 3.81. The number of rotatable bonds is 0. The minimum atomic E-state index is 0. The van der Waals surface area contributed by atoms with Crippen molar-refractivity contribution in [2.24, 2.45) is 4.99 Å². The quantitative estimate of drug-likeness (QED) is 0.574. The zero-order chi connectivity index (χ0) is 6.85. The van der Waals surface area contributed by atoms with Gasteiger partial charge in [0.2, 0.25) is 0 Å². The predicted octanol–water partition coefficient (Wildman–Crippen LogP) is 0.427. The predicted molar refractivity (Wildman–Crippen MR) is 48.9 cm³/mol. The average Bonchev–Trinajstić information content (AvgIpc) is 2.12. The largest absolute Gasteiger partial charge is 0.344 e. The molecule has 0 N–H and O–H groups in total. The van der Waals surface area contributed by atoms with Crippen LogP contribution in [0, 0.1) is 0 Å². The van der Waals surface area contributed by atoms with Crippen LogP contribution in [0.4, 0.5) is 0 Å². The van der Waals surface area contributed by atoms with Gasteiger partial charge in [-0.2, -0.15) is 0 Å². The summed E-state index contributed by atoms with van der Waals surface area (Å²) >= 11 is 0. The number of halogens is 1. The Balaban J connectivity index is 0.000000810. The van der Waals surface area contributed by atoms with Crippen LogP contribution in [0.3, 0.4) is 0 Å². The molecule has 3 nitrogen and oxygen atoms in total. The molecule has 10 heavy (non-hydrogen) atoms. The van der Waals surface area contributed by atoms with Crippen molar-refractivity contribution in [1.29, 1.82) is 0 Å². The summed E-state index contributed by atoms with van der Waals surface area (Å²) in [5.74, 6) is 1.09. The molecule has 60 valence electrons. The molecule has 1 aliphatic rings. The minimum absolute atomic E-state index is 0. The summed E-state index contributed by atoms with van der Waals surface area (Å²) in [6.07, 6.45) is 0. The fourth-order valence-corrected chi connectivity index (χ4v) is 1.13. The molecule has 0 atom stereocenters. The first-order chi connectivity index (χ1) is 4.25. The van der Waals surface area contributed by atoms with Crippen LogP contribution in [0.25, 0.3) is 0 Å². The highest BCUT2D eigenvalue weighted by Crippen LogP contribution is 2.01. The van der Waals surface area contributed by atoms with E-state index in [4.69, 9.17) is 0 Å². The third-order valence-electron chi connectivity index (χ3n) is 1.65. The molecule has 0 bridgehead atoms. The number of guanidine groups is 1. The maximum absolute atomic E-state index is 4.12. The lowest BCUT2D eigenvalue weighted by Crippen LogP contribution is -2.27. The Morgan fingerprint density at radius 1 is 1.20 bits per heavy atom. The van der Waals surface area contributed by atoms with Gasteiger partial charge in [0, 0.05) is 34.2 Å². The molecular formula is C6H14BrN3. The van der Waals surface area contributed by atoms with Gasteiger partial charge in [-0.25, -0.2) is 0 Å². The molecule has 1 fully saturated rings. The van der Waals surface area contributed by atoms with E-state index < -0.39 is 0 Å². The minimum Gasteiger partial charge on any atom is -0.344 e. The topological polar surface area (TPSA) is 18.8 Å². The summed E-state index contributed by atoms with van der Waals surface area (Å²) in [5.41, 5.74) is 0. The van der Waals surface area contributed by atoms with E-state index in [9.17, 15) is 0 Å². The highest BCUT2D eigenvalue weighted by atomic mass is 79.9. The molecule has 0 aliphatic carbocycles. The van der Waals surface area contributed by atoms with Crippen LogP contribution in [0.2, 0.25) is 0 Å². The first-order valence-corrected chi connectivity index (χ1v) is 3.14. The van der Waals surface area contributed by atoms with Gasteiger partial charge >= 0.3 is 0 Å². The van der Waals surface area contributed by atoms with E-state index in [-0.39, 0.29) is 17.0 Å². The average molecular weight is 208 g/mol. The standard InChI is InChI=1S/C6H13N3.BrH/c1-7-6-8(2)4-5-9(6)3;/h4-5H2,1-3H3;1H. The lowest BCUT2D eigenvalue weighted by atomic mass is 10.6. The first-order valence-electron chi connectivity index (χ1n) is 3.14. The number of hydrogen-bond acceptors (Lipinski definition) is 1. The van der Waals surface area contributed by atoms with Crippen molar-refractivity contribution in [3.05, 3.63) is 0 Å². The molecule has 0 saturated carbocycles. The van der Waals surface area contributed by atoms with Crippen molar-refractivity contribution >= 4 is 22.9 Å². The van der Waals surface area contributed by atoms with Gasteiger partial charge in [-0.05, 0) is 0 Å². The molecule has 1 heterocycles. The number of aliphatic imine (C=N–C) groups is 1. The van der Waals surface area contributed by atoms with Crippen molar-refractivity contribution in [1.82, 2.24) is 9.80 Å². The fraction of sp³-hybridized carbons (Fsp3) is 0.833. The van der Waals surface area contributed by atoms with Crippen LogP contribution >= 0.6 is 17.0 Å². The number of hydrogen-bond donors (Lipinski definition) is 0. The maximum atomic E-state index is 4.12. The zero-order valence-corrected chi connectivity index (χ0v) is 8.38. The molecule has 1 rings (SSSR count). The third kappa shape index (κ3) is 1.62. The molecular weight excluding hydrogens is 194 g/mol. The second-order valence-electron chi connectivity index (χ2n) is 2.37. The Kier molecular flexibility index (Phi) is 3.71. The highest BCUT2D eigenvalue weighted by molar-refractivity contribution is 8.93. The summed E-state index contributed by atoms with van der Waals surface area (Å²) in [6, 6.07) is 0. The first kappa shape index (κ1) is 9.75. The van der Waals surface area contributed by atoms with Gasteiger partial charge in [0.05, 0.1) is 0 Å². The van der Waals surface area contributed by atoms with E-state index in [1.807, 2.05) is 7.05 Å². The smallest absolute Gasteiger partial charge is 0.195 e. The van der Waals surface area contributed by atoms with Crippen molar-refractivity contribution in [2.75, 3.05) is 34.2 Å². The van der Waals surface area contributed by atoms with Crippen LogP contribution in [-0.2, 0) is 0 Å². The summed E-state index contributed by atoms with van der Waals surface area (Å²) in [6.45, 7) is 2.20. The summed E-state index contributed by atoms with van der Waals surface area (Å²) < 4.78 is 0. The molecule has 0 unspecified atom stereocenters. The molecule has 1 saturated heterocycles. The van der Waals surface area contributed by atoms with E-state index >= 15 is 0 Å². The number of nitrogens with zero attached hydrogens (tertiary/aromatic N) is 3. The van der Waals surface area contributed by atoms with Crippen LogP contribution in [0.1, 0.15) is 0 Å². The third-order valence-corrected chi connectivity index (χ3v) is 1.65. The Labute approximate surface area is 72.5 Å². The van der Waals surface area contributed by atoms with Gasteiger partial charge in [-0.3, -0.25) is 4.99 Å². The molecule has 0 aromatic rings. The van der Waals surface area contributed by atoms with Crippen molar-refractivity contribution in [2.45, 2.75) is 0 Å². The van der Waals surface area contributed by atoms with E-state index in [2.05, 4.69) is 28.9 Å². The van der Waals surface area contributed by atoms with Crippen LogP contribution < -0.4 is 0 Å². The normalized spacial score (nSPS) is 17.3. The van der Waals surface area contributed by atoms with Crippen LogP contribution in [-0.4, -0.2) is 50.0 Å². The van der Waals surface area contributed by atoms with E-state index in [0.717, 1.165) is 19.0 Å². The second-order valence-corrected chi connectivity index (χ2v) is 2.37. The molecule has 0 aromatic heterocycles. The number of likely N-dealkylation sites (N-methyl/N-ethyl adjacent to an activating group) is 2. The monoisotopic (exact) mass is 207 g/mol. The molecule has 1 aliphatic heterocycles. The van der Waals surface area contributed by atoms with E-state index in [1.165, 1.54) is 0 Å². The molecule has 0 aromatic carbocycles. The molecule has 0 amide bonds. The Morgan fingerprint density at radius 2 is 1.60 bits per heavy atom.